The lowest BCUT2D eigenvalue weighted by atomic mass is 10.1. The first kappa shape index (κ1) is 11.4. The summed E-state index contributed by atoms with van der Waals surface area (Å²) in [6.45, 7) is 3.72. The van der Waals surface area contributed by atoms with Crippen LogP contribution in [0.2, 0.25) is 0 Å². The maximum absolute atomic E-state index is 13.3. The Hall–Kier alpha value is -0.670. The Labute approximate surface area is 91.4 Å². The molecule has 0 saturated heterocycles. The summed E-state index contributed by atoms with van der Waals surface area (Å²) in [6.07, 6.45) is 0.739. The van der Waals surface area contributed by atoms with Crippen LogP contribution >= 0.6 is 15.9 Å². The van der Waals surface area contributed by atoms with Crippen molar-refractivity contribution >= 4 is 15.9 Å². The molecule has 0 amide bonds. The van der Waals surface area contributed by atoms with Gasteiger partial charge in [-0.15, -0.1) is 0 Å². The molecule has 0 saturated carbocycles. The van der Waals surface area contributed by atoms with Gasteiger partial charge in [0.2, 0.25) is 0 Å². The molecule has 14 heavy (non-hydrogen) atoms. The number of hydrogen-bond acceptors (Lipinski definition) is 1. The first-order valence-corrected chi connectivity index (χ1v) is 5.08. The van der Waals surface area contributed by atoms with Crippen LogP contribution in [0.3, 0.4) is 0 Å². The Morgan fingerprint density at radius 3 is 2.71 bits per heavy atom. The second kappa shape index (κ2) is 4.71. The Morgan fingerprint density at radius 1 is 1.50 bits per heavy atom. The van der Waals surface area contributed by atoms with E-state index in [9.17, 15) is 9.50 Å². The van der Waals surface area contributed by atoms with Crippen molar-refractivity contribution in [2.45, 2.75) is 20.0 Å². The van der Waals surface area contributed by atoms with E-state index in [1.165, 1.54) is 6.07 Å². The summed E-state index contributed by atoms with van der Waals surface area (Å²) in [6, 6.07) is 4.52. The average Bonchev–Trinajstić information content (AvgIpc) is 2.08. The smallest absolute Gasteiger partial charge is 0.129 e. The van der Waals surface area contributed by atoms with Gasteiger partial charge in [-0.25, -0.2) is 4.39 Å². The van der Waals surface area contributed by atoms with Crippen LogP contribution in [0.5, 0.6) is 0 Å². The number of benzene rings is 1. The van der Waals surface area contributed by atoms with Crippen LogP contribution in [0.1, 0.15) is 25.5 Å². The van der Waals surface area contributed by atoms with Gasteiger partial charge in [-0.3, -0.25) is 0 Å². The van der Waals surface area contributed by atoms with Crippen molar-refractivity contribution < 1.29 is 9.50 Å². The largest absolute Gasteiger partial charge is 0.384 e. The van der Waals surface area contributed by atoms with Crippen molar-refractivity contribution in [3.05, 3.63) is 45.7 Å². The number of allylic oxidation sites excluding steroid dienone is 1. The summed E-state index contributed by atoms with van der Waals surface area (Å²) in [5.74, 6) is -0.391. The highest BCUT2D eigenvalue weighted by Crippen LogP contribution is 2.23. The van der Waals surface area contributed by atoms with Crippen molar-refractivity contribution in [1.29, 1.82) is 0 Å². The summed E-state index contributed by atoms with van der Waals surface area (Å²) in [5, 5.41) is 9.66. The van der Waals surface area contributed by atoms with Crippen LogP contribution < -0.4 is 0 Å². The second-order valence-corrected chi connectivity index (χ2v) is 4.27. The van der Waals surface area contributed by atoms with Crippen molar-refractivity contribution in [3.8, 4) is 0 Å². The zero-order valence-electron chi connectivity index (χ0n) is 8.09. The summed E-state index contributed by atoms with van der Waals surface area (Å²) in [5.41, 5.74) is 1.25. The predicted octanol–water partition coefficient (Wildman–Crippen LogP) is 3.59. The molecule has 0 aliphatic carbocycles. The van der Waals surface area contributed by atoms with E-state index in [2.05, 4.69) is 15.9 Å². The van der Waals surface area contributed by atoms with E-state index in [4.69, 9.17) is 0 Å². The maximum Gasteiger partial charge on any atom is 0.129 e. The van der Waals surface area contributed by atoms with E-state index in [0.29, 0.717) is 5.56 Å². The SMILES string of the molecule is CC(C)=CC(O)c1cc(Br)ccc1F. The minimum Gasteiger partial charge on any atom is -0.384 e. The van der Waals surface area contributed by atoms with Crippen LogP contribution in [0.15, 0.2) is 34.3 Å². The van der Waals surface area contributed by atoms with Gasteiger partial charge in [-0.05, 0) is 32.0 Å². The van der Waals surface area contributed by atoms with Gasteiger partial charge in [0.05, 0.1) is 0 Å². The third-order valence-corrected chi connectivity index (χ3v) is 2.26. The monoisotopic (exact) mass is 258 g/mol. The van der Waals surface area contributed by atoms with E-state index in [1.807, 2.05) is 13.8 Å². The third-order valence-electron chi connectivity index (χ3n) is 1.77. The fourth-order valence-electron chi connectivity index (χ4n) is 1.15. The van der Waals surface area contributed by atoms with E-state index >= 15 is 0 Å². The van der Waals surface area contributed by atoms with Gasteiger partial charge in [-0.2, -0.15) is 0 Å². The standard InChI is InChI=1S/C11H12BrFO/c1-7(2)5-11(14)9-6-8(12)3-4-10(9)13/h3-6,11,14H,1-2H3. The van der Waals surface area contributed by atoms with Gasteiger partial charge in [0, 0.05) is 10.0 Å². The summed E-state index contributed by atoms with van der Waals surface area (Å²) in [4.78, 5) is 0. The lowest BCUT2D eigenvalue weighted by Crippen LogP contribution is -1.97. The summed E-state index contributed by atoms with van der Waals surface area (Å²) >= 11 is 3.23. The van der Waals surface area contributed by atoms with Gasteiger partial charge in [0.15, 0.2) is 0 Å². The summed E-state index contributed by atoms with van der Waals surface area (Å²) in [7, 11) is 0. The topological polar surface area (TPSA) is 20.2 Å². The minimum atomic E-state index is -0.877. The van der Waals surface area contributed by atoms with Crippen LogP contribution in [-0.4, -0.2) is 5.11 Å². The van der Waals surface area contributed by atoms with Gasteiger partial charge in [-0.1, -0.05) is 27.6 Å². The zero-order chi connectivity index (χ0) is 10.7. The molecule has 1 aromatic carbocycles. The number of aliphatic hydroxyl groups excluding tert-OH is 1. The molecular formula is C11H12BrFO. The van der Waals surface area contributed by atoms with Crippen LogP contribution in [0.25, 0.3) is 0 Å². The molecule has 0 spiro atoms. The van der Waals surface area contributed by atoms with Crippen LogP contribution in [-0.2, 0) is 0 Å². The molecular weight excluding hydrogens is 247 g/mol. The van der Waals surface area contributed by atoms with Crippen LogP contribution in [0.4, 0.5) is 4.39 Å². The molecule has 76 valence electrons. The van der Waals surface area contributed by atoms with E-state index in [1.54, 1.807) is 18.2 Å². The van der Waals surface area contributed by atoms with Gasteiger partial charge in [0.1, 0.15) is 11.9 Å². The van der Waals surface area contributed by atoms with Crippen LogP contribution in [0, 0.1) is 5.82 Å². The predicted molar refractivity (Wildman–Crippen MR) is 58.5 cm³/mol. The molecule has 1 unspecified atom stereocenters. The fraction of sp³-hybridized carbons (Fsp3) is 0.273. The number of aliphatic hydroxyl groups is 1. The summed E-state index contributed by atoms with van der Waals surface area (Å²) < 4.78 is 14.0. The maximum atomic E-state index is 13.3. The second-order valence-electron chi connectivity index (χ2n) is 3.35. The first-order chi connectivity index (χ1) is 6.50. The quantitative estimate of drug-likeness (QED) is 0.805. The molecule has 3 heteroatoms. The highest BCUT2D eigenvalue weighted by atomic mass is 79.9. The lowest BCUT2D eigenvalue weighted by Gasteiger charge is -2.08. The number of halogens is 2. The highest BCUT2D eigenvalue weighted by molar-refractivity contribution is 9.10. The molecule has 1 nitrogen and oxygen atoms in total. The number of rotatable bonds is 2. The molecule has 1 atom stereocenters. The van der Waals surface area contributed by atoms with Crippen molar-refractivity contribution in [3.63, 3.8) is 0 Å². The van der Waals surface area contributed by atoms with E-state index in [0.717, 1.165) is 10.0 Å². The third kappa shape index (κ3) is 2.93. The molecule has 0 bridgehead atoms. The molecule has 0 aliphatic heterocycles. The normalized spacial score (nSPS) is 12.4. The fourth-order valence-corrected chi connectivity index (χ4v) is 1.53. The minimum absolute atomic E-state index is 0.292. The molecule has 1 rings (SSSR count). The van der Waals surface area contributed by atoms with Crippen molar-refractivity contribution in [2.24, 2.45) is 0 Å². The molecule has 0 radical (unpaired) electrons. The van der Waals surface area contributed by atoms with Gasteiger partial charge < -0.3 is 5.11 Å². The molecule has 0 aliphatic rings. The first-order valence-electron chi connectivity index (χ1n) is 4.28. The van der Waals surface area contributed by atoms with Crippen molar-refractivity contribution in [1.82, 2.24) is 0 Å². The molecule has 1 N–H and O–H groups in total. The Kier molecular flexibility index (Phi) is 3.84. The molecule has 0 heterocycles. The number of hydrogen-bond donors (Lipinski definition) is 1. The van der Waals surface area contributed by atoms with E-state index < -0.39 is 11.9 Å². The molecule has 0 aromatic heterocycles. The lowest BCUT2D eigenvalue weighted by molar-refractivity contribution is 0.222. The van der Waals surface area contributed by atoms with E-state index in [-0.39, 0.29) is 0 Å². The van der Waals surface area contributed by atoms with Crippen molar-refractivity contribution in [2.75, 3.05) is 0 Å². The highest BCUT2D eigenvalue weighted by Gasteiger charge is 2.10. The zero-order valence-corrected chi connectivity index (χ0v) is 9.68. The Bertz CT molecular complexity index is 356. The van der Waals surface area contributed by atoms with Gasteiger partial charge >= 0.3 is 0 Å². The Morgan fingerprint density at radius 2 is 2.14 bits per heavy atom. The Balaban J connectivity index is 3.05. The van der Waals surface area contributed by atoms with Gasteiger partial charge in [0.25, 0.3) is 0 Å². The average molecular weight is 259 g/mol. The molecule has 0 fully saturated rings. The molecule has 1 aromatic rings.